The maximum absolute atomic E-state index is 10.5. The van der Waals surface area contributed by atoms with Gasteiger partial charge in [-0.3, -0.25) is 0 Å². The number of aliphatic carboxylic acids is 1. The molecule has 0 fully saturated rings. The Balaban J connectivity index is 2.28. The standard InChI is InChI=1S/C14H15NO3/c1-12(14(16)17)8-6-4-2-3-5-7-9-13-10-15-11-18-13/h2-5,7-11H,6H2,1H3,(H,16,17)/b4-2+,5-3+,9-7+,12-8+. The van der Waals surface area contributed by atoms with E-state index in [1.54, 1.807) is 25.3 Å². The highest BCUT2D eigenvalue weighted by Crippen LogP contribution is 1.99. The normalized spacial score (nSPS) is 13.1. The zero-order valence-corrected chi connectivity index (χ0v) is 10.1. The van der Waals surface area contributed by atoms with E-state index in [0.29, 0.717) is 17.8 Å². The number of carboxylic acids is 1. The average molecular weight is 245 g/mol. The smallest absolute Gasteiger partial charge is 0.330 e. The van der Waals surface area contributed by atoms with Crippen molar-refractivity contribution in [1.29, 1.82) is 0 Å². The maximum Gasteiger partial charge on any atom is 0.330 e. The van der Waals surface area contributed by atoms with Crippen LogP contribution in [0.25, 0.3) is 6.08 Å². The van der Waals surface area contributed by atoms with Gasteiger partial charge in [0.1, 0.15) is 5.76 Å². The highest BCUT2D eigenvalue weighted by atomic mass is 16.4. The lowest BCUT2D eigenvalue weighted by molar-refractivity contribution is -0.132. The van der Waals surface area contributed by atoms with Gasteiger partial charge in [-0.25, -0.2) is 9.78 Å². The van der Waals surface area contributed by atoms with E-state index in [1.165, 1.54) is 6.39 Å². The summed E-state index contributed by atoms with van der Waals surface area (Å²) in [6.45, 7) is 1.58. The van der Waals surface area contributed by atoms with Crippen molar-refractivity contribution in [1.82, 2.24) is 4.98 Å². The first-order chi connectivity index (χ1) is 8.70. The number of rotatable bonds is 6. The topological polar surface area (TPSA) is 63.3 Å². The minimum Gasteiger partial charge on any atom is -0.478 e. The second kappa shape index (κ2) is 7.84. The van der Waals surface area contributed by atoms with Gasteiger partial charge >= 0.3 is 5.97 Å². The largest absolute Gasteiger partial charge is 0.478 e. The van der Waals surface area contributed by atoms with Crippen molar-refractivity contribution < 1.29 is 14.3 Å². The fourth-order valence-corrected chi connectivity index (χ4v) is 1.08. The van der Waals surface area contributed by atoms with Crippen molar-refractivity contribution in [3.63, 3.8) is 0 Å². The number of carboxylic acid groups (broad SMARTS) is 1. The van der Waals surface area contributed by atoms with Gasteiger partial charge in [-0.15, -0.1) is 0 Å². The molecular weight excluding hydrogens is 230 g/mol. The summed E-state index contributed by atoms with van der Waals surface area (Å²) in [5, 5.41) is 8.62. The van der Waals surface area contributed by atoms with Gasteiger partial charge < -0.3 is 9.52 Å². The number of carbonyl (C=O) groups is 1. The first kappa shape index (κ1) is 13.7. The van der Waals surface area contributed by atoms with E-state index >= 15 is 0 Å². The lowest BCUT2D eigenvalue weighted by Gasteiger charge is -1.88. The highest BCUT2D eigenvalue weighted by molar-refractivity contribution is 5.85. The zero-order chi connectivity index (χ0) is 13.2. The van der Waals surface area contributed by atoms with Crippen LogP contribution in [0.5, 0.6) is 0 Å². The Labute approximate surface area is 106 Å². The molecule has 4 nitrogen and oxygen atoms in total. The molecule has 0 bridgehead atoms. The molecule has 1 N–H and O–H groups in total. The molecule has 1 aromatic rings. The summed E-state index contributed by atoms with van der Waals surface area (Å²) in [6.07, 6.45) is 16.4. The van der Waals surface area contributed by atoms with E-state index in [2.05, 4.69) is 4.98 Å². The monoisotopic (exact) mass is 245 g/mol. The van der Waals surface area contributed by atoms with Gasteiger partial charge in [0.05, 0.1) is 6.20 Å². The molecule has 1 rings (SSSR count). The Bertz CT molecular complexity index is 479. The van der Waals surface area contributed by atoms with Crippen molar-refractivity contribution in [2.24, 2.45) is 0 Å². The number of hydrogen-bond acceptors (Lipinski definition) is 3. The third-order valence-corrected chi connectivity index (χ3v) is 2.08. The van der Waals surface area contributed by atoms with Crippen LogP contribution in [0.15, 0.2) is 59.0 Å². The van der Waals surface area contributed by atoms with E-state index in [0.717, 1.165) is 0 Å². The van der Waals surface area contributed by atoms with Gasteiger partial charge in [0.15, 0.2) is 6.39 Å². The molecule has 0 unspecified atom stereocenters. The number of hydrogen-bond donors (Lipinski definition) is 1. The van der Waals surface area contributed by atoms with E-state index in [1.807, 2.05) is 30.4 Å². The van der Waals surface area contributed by atoms with Gasteiger partial charge in [0.2, 0.25) is 0 Å². The molecule has 0 aromatic carbocycles. The molecule has 18 heavy (non-hydrogen) atoms. The summed E-state index contributed by atoms with van der Waals surface area (Å²) in [7, 11) is 0. The molecule has 0 saturated heterocycles. The summed E-state index contributed by atoms with van der Waals surface area (Å²) in [6, 6.07) is 0. The molecule has 1 heterocycles. The van der Waals surface area contributed by atoms with Gasteiger partial charge in [-0.1, -0.05) is 36.5 Å². The van der Waals surface area contributed by atoms with Crippen molar-refractivity contribution in [3.05, 3.63) is 60.4 Å². The van der Waals surface area contributed by atoms with Gasteiger partial charge in [0.25, 0.3) is 0 Å². The summed E-state index contributed by atoms with van der Waals surface area (Å²) < 4.78 is 5.01. The average Bonchev–Trinajstić information content (AvgIpc) is 2.85. The van der Waals surface area contributed by atoms with E-state index in [4.69, 9.17) is 9.52 Å². The lowest BCUT2D eigenvalue weighted by Crippen LogP contribution is -1.94. The first-order valence-electron chi connectivity index (χ1n) is 5.48. The quantitative estimate of drug-likeness (QED) is 0.617. The molecule has 0 aliphatic rings. The third-order valence-electron chi connectivity index (χ3n) is 2.08. The number of allylic oxidation sites excluding steroid dienone is 6. The molecule has 0 amide bonds. The predicted octanol–water partition coefficient (Wildman–Crippen LogP) is 3.22. The fourth-order valence-electron chi connectivity index (χ4n) is 1.08. The van der Waals surface area contributed by atoms with Crippen molar-refractivity contribution >= 4 is 12.0 Å². The van der Waals surface area contributed by atoms with E-state index < -0.39 is 5.97 Å². The van der Waals surface area contributed by atoms with Crippen LogP contribution in [0.1, 0.15) is 19.1 Å². The Morgan fingerprint density at radius 3 is 2.83 bits per heavy atom. The first-order valence-corrected chi connectivity index (χ1v) is 5.48. The predicted molar refractivity (Wildman–Crippen MR) is 69.8 cm³/mol. The van der Waals surface area contributed by atoms with Crippen LogP contribution < -0.4 is 0 Å². The van der Waals surface area contributed by atoms with E-state index in [-0.39, 0.29) is 0 Å². The molecule has 94 valence electrons. The van der Waals surface area contributed by atoms with Crippen molar-refractivity contribution in [3.8, 4) is 0 Å². The Kier molecular flexibility index (Phi) is 5.97. The van der Waals surface area contributed by atoms with E-state index in [9.17, 15) is 4.79 Å². The summed E-state index contributed by atoms with van der Waals surface area (Å²) in [4.78, 5) is 14.3. The maximum atomic E-state index is 10.5. The molecule has 0 aliphatic carbocycles. The van der Waals surface area contributed by atoms with Crippen molar-refractivity contribution in [2.45, 2.75) is 13.3 Å². The Morgan fingerprint density at radius 1 is 1.39 bits per heavy atom. The summed E-state index contributed by atoms with van der Waals surface area (Å²) in [5.41, 5.74) is 0.355. The minimum atomic E-state index is -0.881. The number of nitrogens with zero attached hydrogens (tertiary/aromatic N) is 1. The van der Waals surface area contributed by atoms with Crippen LogP contribution >= 0.6 is 0 Å². The van der Waals surface area contributed by atoms with Crippen LogP contribution in [-0.4, -0.2) is 16.1 Å². The number of aromatic nitrogens is 1. The molecule has 0 atom stereocenters. The van der Waals surface area contributed by atoms with Crippen LogP contribution in [0, 0.1) is 0 Å². The minimum absolute atomic E-state index is 0.355. The van der Waals surface area contributed by atoms with Gasteiger partial charge in [-0.2, -0.15) is 0 Å². The summed E-state index contributed by atoms with van der Waals surface area (Å²) in [5.74, 6) is -0.183. The zero-order valence-electron chi connectivity index (χ0n) is 10.1. The van der Waals surface area contributed by atoms with Crippen molar-refractivity contribution in [2.75, 3.05) is 0 Å². The van der Waals surface area contributed by atoms with Crippen LogP contribution in [0.3, 0.4) is 0 Å². The van der Waals surface area contributed by atoms with Crippen LogP contribution in [-0.2, 0) is 4.79 Å². The molecule has 1 aromatic heterocycles. The van der Waals surface area contributed by atoms with Crippen LogP contribution in [0.4, 0.5) is 0 Å². The fraction of sp³-hybridized carbons (Fsp3) is 0.143. The lowest BCUT2D eigenvalue weighted by atomic mass is 10.2. The molecule has 0 spiro atoms. The Morgan fingerprint density at radius 2 is 2.17 bits per heavy atom. The van der Waals surface area contributed by atoms with Gasteiger partial charge in [-0.05, 0) is 19.4 Å². The molecule has 0 radical (unpaired) electrons. The molecule has 0 saturated carbocycles. The Hall–Kier alpha value is -2.36. The van der Waals surface area contributed by atoms with Gasteiger partial charge in [0, 0.05) is 5.57 Å². The SMILES string of the molecule is C/C(=C\C/C=C/C=C/C=C/c1cnco1)C(=O)O. The second-order valence-corrected chi connectivity index (χ2v) is 3.50. The van der Waals surface area contributed by atoms with Crippen LogP contribution in [0.2, 0.25) is 0 Å². The molecule has 0 aliphatic heterocycles. The number of oxazole rings is 1. The second-order valence-electron chi connectivity index (χ2n) is 3.50. The third kappa shape index (κ3) is 5.65. The molecular formula is C14H15NO3. The highest BCUT2D eigenvalue weighted by Gasteiger charge is 1.95. The molecule has 4 heteroatoms. The summed E-state index contributed by atoms with van der Waals surface area (Å²) >= 11 is 0.